The molecule has 2 aromatic carbocycles. The summed E-state index contributed by atoms with van der Waals surface area (Å²) in [7, 11) is 0. The predicted molar refractivity (Wildman–Crippen MR) is 124 cm³/mol. The van der Waals surface area contributed by atoms with Crippen molar-refractivity contribution in [2.75, 3.05) is 26.3 Å². The van der Waals surface area contributed by atoms with E-state index in [4.69, 9.17) is 32.4 Å². The zero-order chi connectivity index (χ0) is 22.5. The Balaban J connectivity index is 1.54. The lowest BCUT2D eigenvalue weighted by Gasteiger charge is -2.28. The van der Waals surface area contributed by atoms with E-state index in [0.717, 1.165) is 5.56 Å². The molecule has 1 aliphatic rings. The summed E-state index contributed by atoms with van der Waals surface area (Å²) in [6.45, 7) is 5.40. The van der Waals surface area contributed by atoms with Crippen LogP contribution in [0.3, 0.4) is 0 Å². The van der Waals surface area contributed by atoms with Crippen LogP contribution in [-0.2, 0) is 17.8 Å². The highest BCUT2D eigenvalue weighted by atomic mass is 35.5. The van der Waals surface area contributed by atoms with Crippen LogP contribution in [0, 0.1) is 0 Å². The molecule has 3 aromatic rings. The summed E-state index contributed by atoms with van der Waals surface area (Å²) in [6, 6.07) is 15.9. The number of ether oxygens (including phenoxy) is 1. The van der Waals surface area contributed by atoms with Crippen molar-refractivity contribution < 1.29 is 13.9 Å². The highest BCUT2D eigenvalue weighted by Gasteiger charge is 2.24. The molecule has 1 atom stereocenters. The fourth-order valence-corrected chi connectivity index (χ4v) is 4.05. The Morgan fingerprint density at radius 2 is 1.84 bits per heavy atom. The van der Waals surface area contributed by atoms with Gasteiger partial charge < -0.3 is 14.1 Å². The Morgan fingerprint density at radius 1 is 1.09 bits per heavy atom. The van der Waals surface area contributed by atoms with Crippen LogP contribution in [0.25, 0.3) is 0 Å². The van der Waals surface area contributed by atoms with Gasteiger partial charge in [0, 0.05) is 25.7 Å². The highest BCUT2D eigenvalue weighted by Crippen LogP contribution is 2.28. The van der Waals surface area contributed by atoms with Crippen molar-refractivity contribution >= 4 is 29.1 Å². The largest absolute Gasteiger partial charge is 0.447 e. The van der Waals surface area contributed by atoms with Crippen molar-refractivity contribution in [1.82, 2.24) is 14.8 Å². The van der Waals surface area contributed by atoms with Gasteiger partial charge in [0.25, 0.3) is 5.91 Å². The van der Waals surface area contributed by atoms with E-state index in [1.54, 1.807) is 11.0 Å². The zero-order valence-electron chi connectivity index (χ0n) is 17.8. The summed E-state index contributed by atoms with van der Waals surface area (Å²) in [4.78, 5) is 21.2. The molecule has 0 aliphatic carbocycles. The van der Waals surface area contributed by atoms with Crippen LogP contribution in [0.1, 0.15) is 40.5 Å². The first-order valence-corrected chi connectivity index (χ1v) is 11.3. The van der Waals surface area contributed by atoms with E-state index in [1.807, 2.05) is 30.3 Å². The zero-order valence-corrected chi connectivity index (χ0v) is 19.4. The van der Waals surface area contributed by atoms with E-state index in [0.29, 0.717) is 61.0 Å². The number of oxazole rings is 1. The van der Waals surface area contributed by atoms with Gasteiger partial charge in [-0.25, -0.2) is 4.98 Å². The molecule has 32 heavy (non-hydrogen) atoms. The molecule has 1 fully saturated rings. The van der Waals surface area contributed by atoms with Gasteiger partial charge in [-0.15, -0.1) is 0 Å². The molecule has 1 aromatic heterocycles. The van der Waals surface area contributed by atoms with Crippen LogP contribution in [0.15, 0.2) is 59.2 Å². The van der Waals surface area contributed by atoms with E-state index in [-0.39, 0.29) is 11.9 Å². The third-order valence-corrected chi connectivity index (χ3v) is 6.35. The maximum atomic E-state index is 12.7. The van der Waals surface area contributed by atoms with E-state index >= 15 is 0 Å². The van der Waals surface area contributed by atoms with Crippen molar-refractivity contribution in [2.45, 2.75) is 26.1 Å². The first kappa shape index (κ1) is 22.8. The quantitative estimate of drug-likeness (QED) is 0.470. The Hall–Kier alpha value is -2.38. The Labute approximate surface area is 197 Å². The second-order valence-electron chi connectivity index (χ2n) is 7.77. The molecular formula is C24H25Cl2N3O3. The SMILES string of the molecule is C[C@@H](c1ccccc1)N(Cc1ccc(Cl)c(Cl)c1)Cc1nc(C(=O)N2CCOCC2)co1. The van der Waals surface area contributed by atoms with Gasteiger partial charge in [0.2, 0.25) is 5.89 Å². The molecule has 1 amide bonds. The number of carbonyl (C=O) groups excluding carboxylic acids is 1. The number of nitrogens with zero attached hydrogens (tertiary/aromatic N) is 3. The number of benzene rings is 2. The number of rotatable bonds is 7. The molecule has 6 nitrogen and oxygen atoms in total. The number of hydrogen-bond acceptors (Lipinski definition) is 5. The average molecular weight is 474 g/mol. The van der Waals surface area contributed by atoms with Crippen molar-refractivity contribution in [3.8, 4) is 0 Å². The van der Waals surface area contributed by atoms with Crippen LogP contribution in [-0.4, -0.2) is 47.0 Å². The first-order valence-electron chi connectivity index (χ1n) is 10.6. The van der Waals surface area contributed by atoms with Crippen molar-refractivity contribution in [2.24, 2.45) is 0 Å². The Bertz CT molecular complexity index is 1050. The lowest BCUT2D eigenvalue weighted by molar-refractivity contribution is 0.0299. The monoisotopic (exact) mass is 473 g/mol. The standard InChI is InChI=1S/C24H25Cl2N3O3/c1-17(19-5-3-2-4-6-19)29(14-18-7-8-20(25)21(26)13-18)15-23-27-22(16-32-23)24(30)28-9-11-31-12-10-28/h2-8,13,16-17H,9-12,14-15H2,1H3/t17-/m0/s1. The van der Waals surface area contributed by atoms with Gasteiger partial charge in [0.05, 0.1) is 29.8 Å². The smallest absolute Gasteiger partial charge is 0.275 e. The third-order valence-electron chi connectivity index (χ3n) is 5.61. The van der Waals surface area contributed by atoms with Crippen LogP contribution in [0.4, 0.5) is 0 Å². The first-order chi connectivity index (χ1) is 15.5. The maximum Gasteiger partial charge on any atom is 0.275 e. The highest BCUT2D eigenvalue weighted by molar-refractivity contribution is 6.42. The second kappa shape index (κ2) is 10.5. The van der Waals surface area contributed by atoms with Gasteiger partial charge in [0.15, 0.2) is 5.69 Å². The van der Waals surface area contributed by atoms with Gasteiger partial charge in [-0.1, -0.05) is 59.6 Å². The fraction of sp³-hybridized carbons (Fsp3) is 0.333. The lowest BCUT2D eigenvalue weighted by Crippen LogP contribution is -2.40. The minimum absolute atomic E-state index is 0.0796. The Kier molecular flexibility index (Phi) is 7.48. The second-order valence-corrected chi connectivity index (χ2v) is 8.59. The molecule has 8 heteroatoms. The Morgan fingerprint density at radius 3 is 2.56 bits per heavy atom. The molecule has 0 unspecified atom stereocenters. The number of halogens is 2. The van der Waals surface area contributed by atoms with Crippen LogP contribution >= 0.6 is 23.2 Å². The van der Waals surface area contributed by atoms with Crippen molar-refractivity contribution in [1.29, 1.82) is 0 Å². The molecule has 0 N–H and O–H groups in total. The van der Waals surface area contributed by atoms with Crippen LogP contribution < -0.4 is 0 Å². The molecule has 168 valence electrons. The summed E-state index contributed by atoms with van der Waals surface area (Å²) in [5.74, 6) is 0.361. The number of morpholine rings is 1. The maximum absolute atomic E-state index is 12.7. The van der Waals surface area contributed by atoms with E-state index in [2.05, 4.69) is 28.9 Å². The van der Waals surface area contributed by atoms with Crippen LogP contribution in [0.5, 0.6) is 0 Å². The number of aromatic nitrogens is 1. The van der Waals surface area contributed by atoms with E-state index < -0.39 is 0 Å². The van der Waals surface area contributed by atoms with Gasteiger partial charge >= 0.3 is 0 Å². The third kappa shape index (κ3) is 5.51. The fourth-order valence-electron chi connectivity index (χ4n) is 3.73. The lowest BCUT2D eigenvalue weighted by atomic mass is 10.1. The molecule has 0 spiro atoms. The van der Waals surface area contributed by atoms with Gasteiger partial charge in [-0.3, -0.25) is 9.69 Å². The summed E-state index contributed by atoms with van der Waals surface area (Å²) >= 11 is 12.3. The summed E-state index contributed by atoms with van der Waals surface area (Å²) in [5, 5.41) is 1.04. The van der Waals surface area contributed by atoms with Gasteiger partial charge in [0.1, 0.15) is 6.26 Å². The molecule has 0 bridgehead atoms. The number of carbonyl (C=O) groups is 1. The van der Waals surface area contributed by atoms with Gasteiger partial charge in [-0.05, 0) is 30.2 Å². The normalized spacial score (nSPS) is 15.2. The molecular weight excluding hydrogens is 449 g/mol. The van der Waals surface area contributed by atoms with Gasteiger partial charge in [-0.2, -0.15) is 0 Å². The minimum Gasteiger partial charge on any atom is -0.447 e. The molecule has 2 heterocycles. The van der Waals surface area contributed by atoms with Crippen molar-refractivity contribution in [3.63, 3.8) is 0 Å². The molecule has 4 rings (SSSR count). The summed E-state index contributed by atoms with van der Waals surface area (Å²) in [6.07, 6.45) is 1.44. The molecule has 0 saturated carbocycles. The van der Waals surface area contributed by atoms with Crippen molar-refractivity contribution in [3.05, 3.63) is 87.6 Å². The number of amides is 1. The van der Waals surface area contributed by atoms with Crippen LogP contribution in [0.2, 0.25) is 10.0 Å². The summed E-state index contributed by atoms with van der Waals surface area (Å²) < 4.78 is 11.0. The average Bonchev–Trinajstić information content (AvgIpc) is 3.30. The molecule has 1 aliphatic heterocycles. The molecule has 1 saturated heterocycles. The molecule has 0 radical (unpaired) electrons. The predicted octanol–water partition coefficient (Wildman–Crippen LogP) is 5.22. The minimum atomic E-state index is -0.129. The topological polar surface area (TPSA) is 58.8 Å². The summed E-state index contributed by atoms with van der Waals surface area (Å²) in [5.41, 5.74) is 2.52. The van der Waals surface area contributed by atoms with E-state index in [1.165, 1.54) is 11.8 Å². The van der Waals surface area contributed by atoms with E-state index in [9.17, 15) is 4.79 Å². The number of hydrogen-bond donors (Lipinski definition) is 0.